The Labute approximate surface area is 181 Å². The highest BCUT2D eigenvalue weighted by Gasteiger charge is 2.40. The van der Waals surface area contributed by atoms with Crippen LogP contribution in [0.3, 0.4) is 0 Å². The van der Waals surface area contributed by atoms with E-state index in [1.807, 2.05) is 0 Å². The number of imide groups is 1. The van der Waals surface area contributed by atoms with Crippen LogP contribution in [0.2, 0.25) is 0 Å². The molecule has 4 rings (SSSR count). The van der Waals surface area contributed by atoms with Gasteiger partial charge >= 0.3 is 0 Å². The molecular formula is C23H29N3O5. The van der Waals surface area contributed by atoms with Gasteiger partial charge in [-0.2, -0.15) is 0 Å². The largest absolute Gasteiger partial charge is 0.375 e. The zero-order valence-corrected chi connectivity index (χ0v) is 17.9. The van der Waals surface area contributed by atoms with Crippen molar-refractivity contribution in [2.24, 2.45) is 0 Å². The van der Waals surface area contributed by atoms with Crippen LogP contribution in [0.4, 0.5) is 0 Å². The van der Waals surface area contributed by atoms with E-state index in [1.165, 1.54) is 12.0 Å². The summed E-state index contributed by atoms with van der Waals surface area (Å²) in [6.45, 7) is 1.21. The molecule has 1 aromatic carbocycles. The summed E-state index contributed by atoms with van der Waals surface area (Å²) in [7, 11) is 1.49. The van der Waals surface area contributed by atoms with Crippen LogP contribution in [0, 0.1) is 0 Å². The van der Waals surface area contributed by atoms with Crippen molar-refractivity contribution in [2.45, 2.75) is 57.0 Å². The fourth-order valence-corrected chi connectivity index (χ4v) is 4.83. The molecule has 1 saturated carbocycles. The SMILES string of the molecule is COCC(=O)N1CCC(NC(=O)c2ccc3c(c2)C(=O)N(C2CCCCC2)C3=O)CC1. The van der Waals surface area contributed by atoms with Gasteiger partial charge in [-0.05, 0) is 43.9 Å². The summed E-state index contributed by atoms with van der Waals surface area (Å²) in [6.07, 6.45) is 6.24. The van der Waals surface area contributed by atoms with E-state index < -0.39 is 0 Å². The van der Waals surface area contributed by atoms with Crippen LogP contribution >= 0.6 is 0 Å². The first-order chi connectivity index (χ1) is 15.0. The normalized spacial score (nSPS) is 20.2. The zero-order valence-electron chi connectivity index (χ0n) is 17.9. The molecule has 1 aliphatic carbocycles. The highest BCUT2D eigenvalue weighted by molar-refractivity contribution is 6.22. The second-order valence-corrected chi connectivity index (χ2v) is 8.59. The van der Waals surface area contributed by atoms with E-state index in [0.717, 1.165) is 32.1 Å². The van der Waals surface area contributed by atoms with E-state index in [4.69, 9.17) is 4.74 Å². The summed E-state index contributed by atoms with van der Waals surface area (Å²) in [4.78, 5) is 53.6. The van der Waals surface area contributed by atoms with Gasteiger partial charge in [0.1, 0.15) is 6.61 Å². The number of benzene rings is 1. The minimum atomic E-state index is -0.286. The number of ether oxygens (including phenoxy) is 1. The Morgan fingerprint density at radius 1 is 1.00 bits per heavy atom. The summed E-state index contributed by atoms with van der Waals surface area (Å²) in [5.74, 6) is -0.837. The standard InChI is InChI=1S/C23H29N3O5/c1-31-14-20(27)25-11-9-16(10-12-25)24-21(28)15-7-8-18-19(13-15)23(30)26(22(18)29)17-5-3-2-4-6-17/h7-8,13,16-17H,2-6,9-12,14H2,1H3,(H,24,28). The van der Waals surface area contributed by atoms with Gasteiger partial charge in [0.25, 0.3) is 17.7 Å². The average Bonchev–Trinajstić information content (AvgIpc) is 3.04. The van der Waals surface area contributed by atoms with Crippen molar-refractivity contribution in [3.05, 3.63) is 34.9 Å². The number of nitrogens with zero attached hydrogens (tertiary/aromatic N) is 2. The first kappa shape index (κ1) is 21.5. The van der Waals surface area contributed by atoms with Gasteiger partial charge in [-0.3, -0.25) is 24.1 Å². The number of hydrogen-bond acceptors (Lipinski definition) is 5. The van der Waals surface area contributed by atoms with Gasteiger partial charge in [-0.15, -0.1) is 0 Å². The maximum atomic E-state index is 13.0. The van der Waals surface area contributed by atoms with E-state index in [0.29, 0.717) is 42.6 Å². The molecule has 3 aliphatic rings. The lowest BCUT2D eigenvalue weighted by Gasteiger charge is -2.32. The number of amides is 4. The Hall–Kier alpha value is -2.74. The molecule has 1 N–H and O–H groups in total. The molecule has 0 aromatic heterocycles. The molecule has 2 aliphatic heterocycles. The summed E-state index contributed by atoms with van der Waals surface area (Å²) in [5, 5.41) is 3.00. The molecule has 1 saturated heterocycles. The van der Waals surface area contributed by atoms with Gasteiger partial charge in [0.05, 0.1) is 11.1 Å². The molecule has 2 fully saturated rings. The Bertz CT molecular complexity index is 885. The van der Waals surface area contributed by atoms with Crippen LogP contribution in [-0.4, -0.2) is 72.3 Å². The first-order valence-electron chi connectivity index (χ1n) is 11.1. The minimum Gasteiger partial charge on any atom is -0.375 e. The van der Waals surface area contributed by atoms with Crippen LogP contribution in [0.5, 0.6) is 0 Å². The quantitative estimate of drug-likeness (QED) is 0.725. The number of hydrogen-bond donors (Lipinski definition) is 1. The van der Waals surface area contributed by atoms with Crippen LogP contribution in [0.25, 0.3) is 0 Å². The van der Waals surface area contributed by atoms with Gasteiger partial charge in [-0.25, -0.2) is 0 Å². The molecule has 0 spiro atoms. The van der Waals surface area contributed by atoms with Crippen molar-refractivity contribution in [3.63, 3.8) is 0 Å². The lowest BCUT2D eigenvalue weighted by molar-refractivity contribution is -0.136. The molecule has 0 radical (unpaired) electrons. The van der Waals surface area contributed by atoms with Gasteiger partial charge in [0, 0.05) is 37.8 Å². The Balaban J connectivity index is 1.39. The number of likely N-dealkylation sites (tertiary alicyclic amines) is 1. The number of fused-ring (bicyclic) bond motifs is 1. The average molecular weight is 428 g/mol. The van der Waals surface area contributed by atoms with Gasteiger partial charge in [-0.1, -0.05) is 19.3 Å². The van der Waals surface area contributed by atoms with E-state index in [2.05, 4.69) is 5.32 Å². The van der Waals surface area contributed by atoms with Gasteiger partial charge < -0.3 is 15.0 Å². The number of methoxy groups -OCH3 is 1. The Morgan fingerprint density at radius 2 is 1.68 bits per heavy atom. The van der Waals surface area contributed by atoms with E-state index in [9.17, 15) is 19.2 Å². The van der Waals surface area contributed by atoms with Crippen molar-refractivity contribution in [1.82, 2.24) is 15.1 Å². The molecule has 4 amide bonds. The van der Waals surface area contributed by atoms with E-state index >= 15 is 0 Å². The minimum absolute atomic E-state index is 0.0376. The van der Waals surface area contributed by atoms with Crippen LogP contribution in [0.1, 0.15) is 76.0 Å². The van der Waals surface area contributed by atoms with Crippen molar-refractivity contribution in [2.75, 3.05) is 26.8 Å². The molecule has 166 valence electrons. The highest BCUT2D eigenvalue weighted by Crippen LogP contribution is 2.31. The van der Waals surface area contributed by atoms with Crippen LogP contribution in [-0.2, 0) is 9.53 Å². The second kappa shape index (κ2) is 9.18. The molecule has 0 bridgehead atoms. The smallest absolute Gasteiger partial charge is 0.261 e. The third-order valence-corrected chi connectivity index (χ3v) is 6.57. The Kier molecular flexibility index (Phi) is 6.36. The van der Waals surface area contributed by atoms with Gasteiger partial charge in [0.15, 0.2) is 0 Å². The number of nitrogens with one attached hydrogen (secondary N) is 1. The van der Waals surface area contributed by atoms with Crippen LogP contribution in [0.15, 0.2) is 18.2 Å². The first-order valence-corrected chi connectivity index (χ1v) is 11.1. The Morgan fingerprint density at radius 3 is 2.35 bits per heavy atom. The molecule has 0 unspecified atom stereocenters. The predicted octanol–water partition coefficient (Wildman–Crippen LogP) is 1.98. The molecule has 0 atom stereocenters. The molecule has 1 aromatic rings. The summed E-state index contributed by atoms with van der Waals surface area (Å²) in [6, 6.07) is 4.68. The third-order valence-electron chi connectivity index (χ3n) is 6.57. The number of piperidine rings is 1. The fraction of sp³-hybridized carbons (Fsp3) is 0.565. The number of carbonyl (C=O) groups is 4. The molecule has 8 nitrogen and oxygen atoms in total. The van der Waals surface area contributed by atoms with Crippen molar-refractivity contribution >= 4 is 23.6 Å². The lowest BCUT2D eigenvalue weighted by atomic mass is 9.94. The molecule has 8 heteroatoms. The van der Waals surface area contributed by atoms with Crippen LogP contribution < -0.4 is 5.32 Å². The van der Waals surface area contributed by atoms with Crippen molar-refractivity contribution in [3.8, 4) is 0 Å². The molecule has 31 heavy (non-hydrogen) atoms. The summed E-state index contributed by atoms with van der Waals surface area (Å²) >= 11 is 0. The van der Waals surface area contributed by atoms with E-state index in [-0.39, 0.29) is 42.3 Å². The fourth-order valence-electron chi connectivity index (χ4n) is 4.83. The van der Waals surface area contributed by atoms with Gasteiger partial charge in [0.2, 0.25) is 5.91 Å². The number of rotatable bonds is 5. The highest BCUT2D eigenvalue weighted by atomic mass is 16.5. The zero-order chi connectivity index (χ0) is 22.0. The lowest BCUT2D eigenvalue weighted by Crippen LogP contribution is -2.47. The number of carbonyl (C=O) groups excluding carboxylic acids is 4. The maximum Gasteiger partial charge on any atom is 0.261 e. The topological polar surface area (TPSA) is 96.0 Å². The summed E-state index contributed by atoms with van der Waals surface area (Å²) in [5.41, 5.74) is 1.09. The third kappa shape index (κ3) is 4.35. The second-order valence-electron chi connectivity index (χ2n) is 8.59. The monoisotopic (exact) mass is 427 g/mol. The van der Waals surface area contributed by atoms with E-state index in [1.54, 1.807) is 23.1 Å². The summed E-state index contributed by atoms with van der Waals surface area (Å²) < 4.78 is 4.89. The maximum absolute atomic E-state index is 13.0. The molecular weight excluding hydrogens is 398 g/mol. The molecule has 2 heterocycles. The van der Waals surface area contributed by atoms with Crippen molar-refractivity contribution in [1.29, 1.82) is 0 Å². The van der Waals surface area contributed by atoms with Crippen molar-refractivity contribution < 1.29 is 23.9 Å². The predicted molar refractivity (Wildman–Crippen MR) is 113 cm³/mol.